The molecule has 0 spiro atoms. The Hall–Kier alpha value is -1.11. The van der Waals surface area contributed by atoms with Crippen LogP contribution in [0.15, 0.2) is 18.2 Å². The van der Waals surface area contributed by atoms with E-state index in [2.05, 4.69) is 19.9 Å². The van der Waals surface area contributed by atoms with Gasteiger partial charge in [-0.05, 0) is 36.8 Å². The highest BCUT2D eigenvalue weighted by atomic mass is 16.1. The molecule has 2 rings (SSSR count). The van der Waals surface area contributed by atoms with Gasteiger partial charge < -0.3 is 0 Å². The lowest BCUT2D eigenvalue weighted by Crippen LogP contribution is -2.16. The average molecular weight is 202 g/mol. The van der Waals surface area contributed by atoms with E-state index < -0.39 is 0 Å². The van der Waals surface area contributed by atoms with Gasteiger partial charge in [-0.3, -0.25) is 4.79 Å². The van der Waals surface area contributed by atoms with Crippen LogP contribution in [0.2, 0.25) is 0 Å². The maximum Gasteiger partial charge on any atom is 0.163 e. The average Bonchev–Trinajstić information content (AvgIpc) is 2.23. The lowest BCUT2D eigenvalue weighted by Gasteiger charge is -2.26. The normalized spacial score (nSPS) is 20.1. The highest BCUT2D eigenvalue weighted by molar-refractivity contribution is 5.99. The molecule has 0 saturated heterocycles. The van der Waals surface area contributed by atoms with E-state index in [1.165, 1.54) is 24.0 Å². The van der Waals surface area contributed by atoms with Crippen molar-refractivity contribution >= 4 is 5.78 Å². The summed E-state index contributed by atoms with van der Waals surface area (Å²) in [5, 5.41) is 0. The van der Waals surface area contributed by atoms with Gasteiger partial charge in [-0.1, -0.05) is 31.5 Å². The fourth-order valence-electron chi connectivity index (χ4n) is 2.69. The Labute approximate surface area is 91.5 Å². The molecule has 0 heterocycles. The van der Waals surface area contributed by atoms with Crippen LogP contribution in [0.4, 0.5) is 0 Å². The molecule has 1 aromatic rings. The van der Waals surface area contributed by atoms with Gasteiger partial charge in [0.15, 0.2) is 5.78 Å². The van der Waals surface area contributed by atoms with Crippen molar-refractivity contribution in [3.05, 3.63) is 34.9 Å². The zero-order valence-corrected chi connectivity index (χ0v) is 9.55. The first kappa shape index (κ1) is 10.4. The molecule has 1 aromatic carbocycles. The molecule has 0 aliphatic heterocycles. The van der Waals surface area contributed by atoms with Crippen LogP contribution in [0.1, 0.15) is 60.0 Å². The van der Waals surface area contributed by atoms with Crippen molar-refractivity contribution in [2.24, 2.45) is 0 Å². The van der Waals surface area contributed by atoms with Crippen molar-refractivity contribution < 1.29 is 4.79 Å². The molecular weight excluding hydrogens is 184 g/mol. The minimum atomic E-state index is 0.334. The molecule has 1 aliphatic carbocycles. The lowest BCUT2D eigenvalue weighted by molar-refractivity contribution is 0.0966. The number of rotatable bonds is 2. The van der Waals surface area contributed by atoms with Gasteiger partial charge in [0.25, 0.3) is 0 Å². The summed E-state index contributed by atoms with van der Waals surface area (Å²) in [6.07, 6.45) is 4.20. The number of carbonyl (C=O) groups is 1. The van der Waals surface area contributed by atoms with Crippen molar-refractivity contribution in [3.8, 4) is 0 Å². The van der Waals surface area contributed by atoms with E-state index >= 15 is 0 Å². The number of Topliss-reactive ketones (excluding diaryl/α,β-unsaturated/α-hetero) is 1. The Morgan fingerprint density at radius 1 is 1.40 bits per heavy atom. The monoisotopic (exact) mass is 202 g/mol. The molecule has 1 heteroatoms. The summed E-state index contributed by atoms with van der Waals surface area (Å²) in [6.45, 7) is 4.34. The summed E-state index contributed by atoms with van der Waals surface area (Å²) in [7, 11) is 0. The predicted octanol–water partition coefficient (Wildman–Crippen LogP) is 3.86. The molecule has 0 N–H and O–H groups in total. The van der Waals surface area contributed by atoms with Crippen LogP contribution in [0.25, 0.3) is 0 Å². The molecule has 1 nitrogen and oxygen atoms in total. The number of fused-ring (bicyclic) bond motifs is 1. The van der Waals surface area contributed by atoms with Gasteiger partial charge in [-0.25, -0.2) is 0 Å². The molecule has 0 radical (unpaired) electrons. The van der Waals surface area contributed by atoms with Crippen molar-refractivity contribution in [2.45, 2.75) is 45.4 Å². The van der Waals surface area contributed by atoms with Crippen LogP contribution in [0.5, 0.6) is 0 Å². The minimum Gasteiger partial charge on any atom is -0.294 e. The molecule has 1 atom stereocenters. The number of aryl methyl sites for hydroxylation is 1. The van der Waals surface area contributed by atoms with Crippen LogP contribution in [0.3, 0.4) is 0 Å². The van der Waals surface area contributed by atoms with E-state index in [0.29, 0.717) is 11.7 Å². The summed E-state index contributed by atoms with van der Waals surface area (Å²) in [6, 6.07) is 6.12. The summed E-state index contributed by atoms with van der Waals surface area (Å²) in [5.41, 5.74) is 3.61. The minimum absolute atomic E-state index is 0.334. The fourth-order valence-corrected chi connectivity index (χ4v) is 2.69. The van der Waals surface area contributed by atoms with E-state index in [1.54, 1.807) is 0 Å². The van der Waals surface area contributed by atoms with Crippen molar-refractivity contribution in [1.29, 1.82) is 0 Å². The summed E-state index contributed by atoms with van der Waals surface area (Å²) in [4.78, 5) is 11.8. The smallest absolute Gasteiger partial charge is 0.163 e. The zero-order chi connectivity index (χ0) is 10.8. The molecule has 0 bridgehead atoms. The van der Waals surface area contributed by atoms with E-state index in [-0.39, 0.29) is 0 Å². The third-order valence-electron chi connectivity index (χ3n) is 3.39. The van der Waals surface area contributed by atoms with E-state index in [1.807, 2.05) is 12.1 Å². The molecule has 1 aliphatic rings. The van der Waals surface area contributed by atoms with E-state index in [0.717, 1.165) is 18.4 Å². The van der Waals surface area contributed by atoms with Crippen molar-refractivity contribution in [2.75, 3.05) is 0 Å². The SMILES string of the molecule is CCCC1CCC(=O)c2cccc(C)c21. The molecule has 0 fully saturated rings. The van der Waals surface area contributed by atoms with Crippen LogP contribution in [-0.2, 0) is 0 Å². The van der Waals surface area contributed by atoms with Crippen LogP contribution in [0, 0.1) is 6.92 Å². The molecule has 80 valence electrons. The highest BCUT2D eigenvalue weighted by Crippen LogP contribution is 2.36. The third-order valence-corrected chi connectivity index (χ3v) is 3.39. The Kier molecular flexibility index (Phi) is 2.90. The maximum absolute atomic E-state index is 11.8. The predicted molar refractivity (Wildman–Crippen MR) is 62.4 cm³/mol. The highest BCUT2D eigenvalue weighted by Gasteiger charge is 2.25. The topological polar surface area (TPSA) is 17.1 Å². The second-order valence-corrected chi connectivity index (χ2v) is 4.48. The first-order valence-corrected chi connectivity index (χ1v) is 5.86. The van der Waals surface area contributed by atoms with Gasteiger partial charge >= 0.3 is 0 Å². The van der Waals surface area contributed by atoms with Crippen LogP contribution < -0.4 is 0 Å². The molecule has 15 heavy (non-hydrogen) atoms. The first-order chi connectivity index (χ1) is 7.24. The van der Waals surface area contributed by atoms with Crippen molar-refractivity contribution in [1.82, 2.24) is 0 Å². The Morgan fingerprint density at radius 3 is 2.93 bits per heavy atom. The van der Waals surface area contributed by atoms with Gasteiger partial charge in [-0.2, -0.15) is 0 Å². The molecule has 0 aromatic heterocycles. The van der Waals surface area contributed by atoms with Crippen LogP contribution in [-0.4, -0.2) is 5.78 Å². The number of benzene rings is 1. The Balaban J connectivity index is 2.46. The number of ketones is 1. The van der Waals surface area contributed by atoms with Gasteiger partial charge in [0.1, 0.15) is 0 Å². The zero-order valence-electron chi connectivity index (χ0n) is 9.55. The molecule has 0 saturated carbocycles. The quantitative estimate of drug-likeness (QED) is 0.711. The summed E-state index contributed by atoms with van der Waals surface area (Å²) < 4.78 is 0. The number of carbonyl (C=O) groups excluding carboxylic acids is 1. The van der Waals surface area contributed by atoms with Gasteiger partial charge in [0.2, 0.25) is 0 Å². The fraction of sp³-hybridized carbons (Fsp3) is 0.500. The van der Waals surface area contributed by atoms with E-state index in [4.69, 9.17) is 0 Å². The first-order valence-electron chi connectivity index (χ1n) is 5.86. The second-order valence-electron chi connectivity index (χ2n) is 4.48. The van der Waals surface area contributed by atoms with Gasteiger partial charge in [0, 0.05) is 12.0 Å². The standard InChI is InChI=1S/C14H18O/c1-3-5-11-8-9-13(15)12-7-4-6-10(2)14(11)12/h4,6-7,11H,3,5,8-9H2,1-2H3. The molecule has 0 amide bonds. The second kappa shape index (κ2) is 4.18. The van der Waals surface area contributed by atoms with Gasteiger partial charge in [0.05, 0.1) is 0 Å². The lowest BCUT2D eigenvalue weighted by atomic mass is 9.78. The third kappa shape index (κ3) is 1.83. The van der Waals surface area contributed by atoms with Gasteiger partial charge in [-0.15, -0.1) is 0 Å². The largest absolute Gasteiger partial charge is 0.294 e. The van der Waals surface area contributed by atoms with E-state index in [9.17, 15) is 4.79 Å². The number of hydrogen-bond donors (Lipinski definition) is 0. The van der Waals surface area contributed by atoms with Crippen LogP contribution >= 0.6 is 0 Å². The summed E-state index contributed by atoms with van der Waals surface area (Å²) in [5.74, 6) is 0.949. The van der Waals surface area contributed by atoms with Crippen molar-refractivity contribution in [3.63, 3.8) is 0 Å². The molecule has 1 unspecified atom stereocenters. The Bertz CT molecular complexity index is 379. The number of hydrogen-bond acceptors (Lipinski definition) is 1. The summed E-state index contributed by atoms with van der Waals surface area (Å²) >= 11 is 0. The Morgan fingerprint density at radius 2 is 2.20 bits per heavy atom. The molecular formula is C14H18O. The maximum atomic E-state index is 11.8.